The highest BCUT2D eigenvalue weighted by molar-refractivity contribution is 7.89. The Morgan fingerprint density at radius 2 is 1.81 bits per heavy atom. The van der Waals surface area contributed by atoms with E-state index in [0.29, 0.717) is 0 Å². The SMILES string of the molecule is O=S(=O)(N/N=C\c1cccs1)c1ccc2ccccc2c1. The van der Waals surface area contributed by atoms with Gasteiger partial charge in [-0.2, -0.15) is 13.5 Å². The molecule has 4 nitrogen and oxygen atoms in total. The lowest BCUT2D eigenvalue weighted by Gasteiger charge is -2.04. The van der Waals surface area contributed by atoms with Crippen molar-refractivity contribution in [3.63, 3.8) is 0 Å². The maximum absolute atomic E-state index is 12.2. The molecule has 0 saturated carbocycles. The van der Waals surface area contributed by atoms with E-state index in [2.05, 4.69) is 9.93 Å². The average Bonchev–Trinajstić information content (AvgIpc) is 3.00. The molecule has 0 unspecified atom stereocenters. The van der Waals surface area contributed by atoms with Gasteiger partial charge in [-0.3, -0.25) is 0 Å². The van der Waals surface area contributed by atoms with Crippen LogP contribution in [-0.4, -0.2) is 14.6 Å². The minimum absolute atomic E-state index is 0.199. The summed E-state index contributed by atoms with van der Waals surface area (Å²) in [4.78, 5) is 3.31. The minimum atomic E-state index is -3.65. The van der Waals surface area contributed by atoms with Crippen LogP contribution in [0, 0.1) is 0 Å². The molecule has 6 heteroatoms. The summed E-state index contributed by atoms with van der Waals surface area (Å²) in [7, 11) is -3.65. The van der Waals surface area contributed by atoms with E-state index in [9.17, 15) is 8.42 Å². The molecular weight excluding hydrogens is 304 g/mol. The Morgan fingerprint density at radius 3 is 2.57 bits per heavy atom. The molecule has 0 spiro atoms. The molecule has 2 aromatic carbocycles. The maximum atomic E-state index is 12.2. The number of nitrogens with one attached hydrogen (secondary N) is 1. The lowest BCUT2D eigenvalue weighted by Crippen LogP contribution is -2.18. The quantitative estimate of drug-likeness (QED) is 0.593. The first-order chi connectivity index (χ1) is 10.1. The van der Waals surface area contributed by atoms with Crippen LogP contribution in [0.2, 0.25) is 0 Å². The summed E-state index contributed by atoms with van der Waals surface area (Å²) in [6, 6.07) is 16.3. The number of hydrogen-bond donors (Lipinski definition) is 1. The van der Waals surface area contributed by atoms with Gasteiger partial charge in [0.15, 0.2) is 0 Å². The highest BCUT2D eigenvalue weighted by Crippen LogP contribution is 2.18. The fourth-order valence-electron chi connectivity index (χ4n) is 1.91. The molecule has 106 valence electrons. The van der Waals surface area contributed by atoms with Gasteiger partial charge in [0, 0.05) is 4.88 Å². The summed E-state index contributed by atoms with van der Waals surface area (Å²) in [5.41, 5.74) is 0. The Morgan fingerprint density at radius 1 is 1.00 bits per heavy atom. The number of sulfonamides is 1. The predicted molar refractivity (Wildman–Crippen MR) is 86.2 cm³/mol. The van der Waals surface area contributed by atoms with Gasteiger partial charge in [-0.1, -0.05) is 36.4 Å². The molecule has 1 N–H and O–H groups in total. The molecule has 0 aliphatic heterocycles. The smallest absolute Gasteiger partial charge is 0.200 e. The van der Waals surface area contributed by atoms with Crippen molar-refractivity contribution in [1.29, 1.82) is 0 Å². The monoisotopic (exact) mass is 316 g/mol. The van der Waals surface area contributed by atoms with Gasteiger partial charge in [0.05, 0.1) is 11.1 Å². The highest BCUT2D eigenvalue weighted by Gasteiger charge is 2.12. The fraction of sp³-hybridized carbons (Fsp3) is 0. The minimum Gasteiger partial charge on any atom is -0.200 e. The second kappa shape index (κ2) is 5.67. The number of fused-ring (bicyclic) bond motifs is 1. The van der Waals surface area contributed by atoms with Gasteiger partial charge in [-0.15, -0.1) is 11.3 Å². The van der Waals surface area contributed by atoms with Crippen LogP contribution in [0.1, 0.15) is 4.88 Å². The van der Waals surface area contributed by atoms with E-state index in [1.165, 1.54) is 17.6 Å². The van der Waals surface area contributed by atoms with Crippen molar-refractivity contribution in [2.75, 3.05) is 0 Å². The summed E-state index contributed by atoms with van der Waals surface area (Å²) in [5, 5.41) is 7.57. The Hall–Kier alpha value is -2.18. The van der Waals surface area contributed by atoms with Gasteiger partial charge in [0.2, 0.25) is 0 Å². The van der Waals surface area contributed by atoms with Crippen LogP contribution in [0.4, 0.5) is 0 Å². The van der Waals surface area contributed by atoms with Gasteiger partial charge < -0.3 is 0 Å². The first-order valence-electron chi connectivity index (χ1n) is 6.22. The molecule has 0 atom stereocenters. The molecule has 21 heavy (non-hydrogen) atoms. The molecule has 1 heterocycles. The third-order valence-corrected chi connectivity index (χ3v) is 4.97. The van der Waals surface area contributed by atoms with E-state index in [4.69, 9.17) is 0 Å². The van der Waals surface area contributed by atoms with Crippen LogP contribution in [-0.2, 0) is 10.0 Å². The number of hydrogen-bond acceptors (Lipinski definition) is 4. The summed E-state index contributed by atoms with van der Waals surface area (Å²) in [5.74, 6) is 0. The summed E-state index contributed by atoms with van der Waals surface area (Å²) >= 11 is 1.49. The van der Waals surface area contributed by atoms with Crippen LogP contribution in [0.3, 0.4) is 0 Å². The molecule has 0 amide bonds. The van der Waals surface area contributed by atoms with Crippen LogP contribution in [0.25, 0.3) is 10.8 Å². The second-order valence-electron chi connectivity index (χ2n) is 4.38. The van der Waals surface area contributed by atoms with Crippen LogP contribution >= 0.6 is 11.3 Å². The van der Waals surface area contributed by atoms with Gasteiger partial charge >= 0.3 is 0 Å². The Kier molecular flexibility index (Phi) is 3.72. The molecular formula is C15H12N2O2S2. The van der Waals surface area contributed by atoms with E-state index < -0.39 is 10.0 Å². The Balaban J connectivity index is 1.86. The van der Waals surface area contributed by atoms with Crippen molar-refractivity contribution in [3.05, 3.63) is 64.9 Å². The summed E-state index contributed by atoms with van der Waals surface area (Å²) in [6.45, 7) is 0. The number of thiophene rings is 1. The van der Waals surface area contributed by atoms with E-state index in [-0.39, 0.29) is 4.90 Å². The first-order valence-corrected chi connectivity index (χ1v) is 8.59. The Bertz CT molecular complexity index is 885. The lowest BCUT2D eigenvalue weighted by atomic mass is 10.1. The van der Waals surface area contributed by atoms with Crippen molar-refractivity contribution in [3.8, 4) is 0 Å². The highest BCUT2D eigenvalue weighted by atomic mass is 32.2. The third kappa shape index (κ3) is 3.12. The molecule has 3 rings (SSSR count). The topological polar surface area (TPSA) is 58.5 Å². The summed E-state index contributed by atoms with van der Waals surface area (Å²) in [6.07, 6.45) is 1.49. The van der Waals surface area contributed by atoms with Crippen LogP contribution in [0.15, 0.2) is 70.0 Å². The number of rotatable bonds is 4. The van der Waals surface area contributed by atoms with Crippen LogP contribution in [0.5, 0.6) is 0 Å². The molecule has 0 aliphatic carbocycles. The van der Waals surface area contributed by atoms with E-state index in [0.717, 1.165) is 15.6 Å². The maximum Gasteiger partial charge on any atom is 0.276 e. The standard InChI is InChI=1S/C15H12N2O2S2/c18-21(19,17-16-11-14-6-3-9-20-14)15-8-7-12-4-1-2-5-13(12)10-15/h1-11,17H/b16-11-. The molecule has 1 aromatic heterocycles. The zero-order chi connectivity index (χ0) is 14.7. The van der Waals surface area contributed by atoms with E-state index >= 15 is 0 Å². The fourth-order valence-corrected chi connectivity index (χ4v) is 3.32. The lowest BCUT2D eigenvalue weighted by molar-refractivity contribution is 0.585. The van der Waals surface area contributed by atoms with Gasteiger partial charge in [0.1, 0.15) is 0 Å². The van der Waals surface area contributed by atoms with Gasteiger partial charge in [0.25, 0.3) is 10.0 Å². The zero-order valence-corrected chi connectivity index (χ0v) is 12.6. The molecule has 0 aliphatic rings. The summed E-state index contributed by atoms with van der Waals surface area (Å²) < 4.78 is 24.4. The molecule has 0 saturated heterocycles. The average molecular weight is 316 g/mol. The van der Waals surface area contributed by atoms with Crippen molar-refractivity contribution in [2.24, 2.45) is 5.10 Å². The number of benzene rings is 2. The molecule has 0 radical (unpaired) electrons. The molecule has 3 aromatic rings. The Labute approximate surface area is 126 Å². The van der Waals surface area contributed by atoms with Crippen molar-refractivity contribution in [2.45, 2.75) is 4.90 Å². The zero-order valence-electron chi connectivity index (χ0n) is 10.9. The normalized spacial score (nSPS) is 12.0. The van der Waals surface area contributed by atoms with Gasteiger partial charge in [-0.05, 0) is 34.4 Å². The molecule has 0 bridgehead atoms. The number of hydrazone groups is 1. The van der Waals surface area contributed by atoms with E-state index in [1.807, 2.05) is 41.8 Å². The van der Waals surface area contributed by atoms with Crippen molar-refractivity contribution < 1.29 is 8.42 Å². The second-order valence-corrected chi connectivity index (χ2v) is 7.02. The number of nitrogens with zero attached hydrogens (tertiary/aromatic N) is 1. The molecule has 0 fully saturated rings. The van der Waals surface area contributed by atoms with Crippen LogP contribution < -0.4 is 4.83 Å². The van der Waals surface area contributed by atoms with Crippen molar-refractivity contribution in [1.82, 2.24) is 4.83 Å². The van der Waals surface area contributed by atoms with E-state index in [1.54, 1.807) is 18.2 Å². The van der Waals surface area contributed by atoms with Crippen molar-refractivity contribution >= 4 is 38.3 Å². The first kappa shape index (κ1) is 13.8. The van der Waals surface area contributed by atoms with Gasteiger partial charge in [-0.25, -0.2) is 4.83 Å². The third-order valence-electron chi connectivity index (χ3n) is 2.94. The predicted octanol–water partition coefficient (Wildman–Crippen LogP) is 3.21. The largest absolute Gasteiger partial charge is 0.276 e.